The smallest absolute Gasteiger partial charge is 1.00 e. The van der Waals surface area contributed by atoms with Gasteiger partial charge in [-0.05, 0) is 124 Å². The summed E-state index contributed by atoms with van der Waals surface area (Å²) in [6.45, 7) is 20.3. The average Bonchev–Trinajstić information content (AvgIpc) is 3.25. The summed E-state index contributed by atoms with van der Waals surface area (Å²) in [6, 6.07) is 22.2. The first-order valence-corrected chi connectivity index (χ1v) is 22.7. The molecule has 0 saturated heterocycles. The molecule has 4 aromatic carbocycles. The van der Waals surface area contributed by atoms with Gasteiger partial charge in [0.25, 0.3) is 29.4 Å². The Morgan fingerprint density at radius 3 is 1.51 bits per heavy atom. The molecule has 4 rings (SSSR count). The molecule has 0 unspecified atom stereocenters. The van der Waals surface area contributed by atoms with E-state index in [1.807, 2.05) is 97.0 Å². The minimum Gasteiger partial charge on any atom is -1.00 e. The molecule has 0 bridgehead atoms. The van der Waals surface area contributed by atoms with E-state index in [1.165, 1.54) is 5.01 Å². The molecule has 65 heavy (non-hydrogen) atoms. The largest absolute Gasteiger partial charge is 1.00 e. The molecule has 3 amide bonds. The predicted octanol–water partition coefficient (Wildman–Crippen LogP) is 3.90. The molecule has 0 radical (unpaired) electrons. The summed E-state index contributed by atoms with van der Waals surface area (Å²) in [5.74, 6) is 0.825. The number of rotatable bonds is 12. The van der Waals surface area contributed by atoms with Gasteiger partial charge in [0, 0.05) is 50.6 Å². The van der Waals surface area contributed by atoms with Crippen molar-refractivity contribution in [3.8, 4) is 11.5 Å². The van der Waals surface area contributed by atoms with Gasteiger partial charge in [0.2, 0.25) is 0 Å². The minimum atomic E-state index is -0.615. The van der Waals surface area contributed by atoms with Crippen molar-refractivity contribution in [1.29, 1.82) is 0 Å². The number of hydrazine groups is 1. The Morgan fingerprint density at radius 1 is 0.738 bits per heavy atom. The zero-order valence-corrected chi connectivity index (χ0v) is 50.5. The van der Waals surface area contributed by atoms with Gasteiger partial charge < -0.3 is 26.4 Å². The Balaban J connectivity index is -0.000000918. The molecule has 0 fully saturated rings. The number of hydrogen-bond acceptors (Lipinski definition) is 9. The number of carbonyl (C=O) groups excluding carboxylic acids is 5. The normalized spacial score (nSPS) is 10.2. The van der Waals surface area contributed by atoms with Gasteiger partial charge >= 0.3 is 103 Å². The van der Waals surface area contributed by atoms with Crippen molar-refractivity contribution < 1.29 is 148 Å². The number of carbonyl (C=O) groups is 5. The van der Waals surface area contributed by atoms with Crippen LogP contribution in [-0.4, -0.2) is 60.7 Å². The molecule has 0 aliphatic rings. The van der Waals surface area contributed by atoms with Crippen LogP contribution in [0.5, 0.6) is 11.5 Å². The van der Waals surface area contributed by atoms with E-state index < -0.39 is 10.8 Å². The summed E-state index contributed by atoms with van der Waals surface area (Å²) < 4.78 is 10.7. The first kappa shape index (κ1) is 65.6. The summed E-state index contributed by atoms with van der Waals surface area (Å²) in [6.07, 6.45) is 1.42. The number of hydrogen-bond donors (Lipinski definition) is 2. The maximum atomic E-state index is 13.3. The van der Waals surface area contributed by atoms with Crippen LogP contribution in [0.15, 0.2) is 72.8 Å². The third kappa shape index (κ3) is 23.1. The van der Waals surface area contributed by atoms with Crippen LogP contribution in [0.25, 0.3) is 0 Å². The number of ether oxygens (including phenoxy) is 2. The molecule has 2 N–H and O–H groups in total. The second-order valence-electron chi connectivity index (χ2n) is 16.3. The SMILES string of the molecule is CCc1c(OC)cccc1C(=O)NCC(C)(C)C.CCc1c(OC)cccc1C(=O)NN(C(=O)c1cc(C)cc(CBr)c1)C(C)(C)C.Cc1cc(CBr)cc(C(=O)Cl)c1.O=CO[O-].[H-].[K+].[K+]. The molecule has 0 aromatic heterocycles. The van der Waals surface area contributed by atoms with Gasteiger partial charge in [-0.1, -0.05) is 102 Å². The molecule has 0 spiro atoms. The first-order chi connectivity index (χ1) is 29.5. The van der Waals surface area contributed by atoms with E-state index in [0.29, 0.717) is 46.3 Å². The molecule has 12 nitrogen and oxygen atoms in total. The maximum Gasteiger partial charge on any atom is 1.00 e. The molecule has 0 heterocycles. The van der Waals surface area contributed by atoms with E-state index in [4.69, 9.17) is 31.1 Å². The molecule has 0 atom stereocenters. The second-order valence-corrected chi connectivity index (χ2v) is 17.8. The molecular formula is C48H62Br2ClK2N3O9. The topological polar surface area (TPSA) is 163 Å². The number of halogens is 3. The van der Waals surface area contributed by atoms with Crippen LogP contribution in [0.4, 0.5) is 0 Å². The molecule has 4 aromatic rings. The van der Waals surface area contributed by atoms with Crippen LogP contribution in [0, 0.1) is 19.3 Å². The van der Waals surface area contributed by atoms with Crippen molar-refractivity contribution in [3.63, 3.8) is 0 Å². The number of benzene rings is 4. The Bertz CT molecular complexity index is 2170. The number of nitrogens with one attached hydrogen (secondary N) is 2. The Kier molecular flexibility index (Phi) is 33.4. The number of aryl methyl sites for hydroxylation is 2. The van der Waals surface area contributed by atoms with Crippen molar-refractivity contribution in [2.75, 3.05) is 20.8 Å². The molecule has 17 heteroatoms. The van der Waals surface area contributed by atoms with Crippen LogP contribution in [-0.2, 0) is 33.2 Å². The monoisotopic (exact) mass is 1100 g/mol. The van der Waals surface area contributed by atoms with E-state index in [-0.39, 0.29) is 134 Å². The van der Waals surface area contributed by atoms with Crippen LogP contribution < -0.4 is 128 Å². The third-order valence-electron chi connectivity index (χ3n) is 8.86. The fourth-order valence-corrected chi connectivity index (χ4v) is 6.80. The molecule has 0 saturated carbocycles. The Hall–Kier alpha value is -1.49. The minimum absolute atomic E-state index is 0. The van der Waals surface area contributed by atoms with Crippen molar-refractivity contribution in [2.24, 2.45) is 5.41 Å². The van der Waals surface area contributed by atoms with Crippen molar-refractivity contribution in [2.45, 2.75) is 98.3 Å². The van der Waals surface area contributed by atoms with E-state index in [0.717, 1.165) is 50.9 Å². The number of methoxy groups -OCH3 is 2. The number of nitrogens with zero attached hydrogens (tertiary/aromatic N) is 1. The van der Waals surface area contributed by atoms with E-state index >= 15 is 0 Å². The second kappa shape index (κ2) is 33.1. The van der Waals surface area contributed by atoms with Crippen LogP contribution >= 0.6 is 43.5 Å². The van der Waals surface area contributed by atoms with Gasteiger partial charge in [-0.2, -0.15) is 0 Å². The Morgan fingerprint density at radius 2 is 1.15 bits per heavy atom. The van der Waals surface area contributed by atoms with E-state index in [9.17, 15) is 19.2 Å². The van der Waals surface area contributed by atoms with Gasteiger partial charge in [-0.15, -0.1) is 0 Å². The van der Waals surface area contributed by atoms with Crippen molar-refractivity contribution >= 4 is 72.9 Å². The molecular weight excluding hydrogens is 1040 g/mol. The zero-order chi connectivity index (χ0) is 48.1. The first-order valence-electron chi connectivity index (χ1n) is 20.1. The fraction of sp³-hybridized carbons (Fsp3) is 0.396. The molecule has 0 aliphatic carbocycles. The van der Waals surface area contributed by atoms with Crippen LogP contribution in [0.1, 0.15) is 132 Å². The summed E-state index contributed by atoms with van der Waals surface area (Å²) in [5, 5.41) is 13.8. The number of alkyl halides is 2. The van der Waals surface area contributed by atoms with Crippen LogP contribution in [0.2, 0.25) is 0 Å². The quantitative estimate of drug-likeness (QED) is 0.0536. The van der Waals surface area contributed by atoms with Crippen molar-refractivity contribution in [1.82, 2.24) is 15.8 Å². The van der Waals surface area contributed by atoms with E-state index in [2.05, 4.69) is 68.3 Å². The molecule has 0 aliphatic heterocycles. The third-order valence-corrected chi connectivity index (χ3v) is 10.4. The van der Waals surface area contributed by atoms with Crippen molar-refractivity contribution in [3.05, 3.63) is 128 Å². The Labute approximate surface area is 493 Å². The van der Waals surface area contributed by atoms with Gasteiger partial charge in [0.05, 0.1) is 19.8 Å². The maximum absolute atomic E-state index is 13.3. The summed E-state index contributed by atoms with van der Waals surface area (Å²) >= 11 is 12.1. The standard InChI is InChI=1S/C23H29BrN2O3.C15H23NO2.C9H8BrClO.CH2O3.2K.H/c1-7-18-19(9-8-10-20(18)29-6)21(27)25-26(23(3,4)5)22(28)17-12-15(2)11-16(13-17)14-24;1-6-11-12(8-7-9-13(11)18-5)14(17)16-10-15(2,3)4;1-6-2-7(5-10)4-8(3-6)9(11)12;2-1-4-3;;;/h8-13H,7,14H2,1-6H3,(H,25,27);7-9H,6,10H2,1-5H3,(H,16,17);2-4H,5H2,1H3;1,3H;;;/q;;;;2*+1;-1/p-1. The average molecular weight is 1100 g/mol. The van der Waals surface area contributed by atoms with Crippen LogP contribution in [0.3, 0.4) is 0 Å². The summed E-state index contributed by atoms with van der Waals surface area (Å²) in [5.41, 5.74) is 10.5. The number of amides is 3. The molecule has 346 valence electrons. The van der Waals surface area contributed by atoms with Gasteiger partial charge in [-0.25, -0.2) is 5.01 Å². The summed E-state index contributed by atoms with van der Waals surface area (Å²) in [4.78, 5) is 60.7. The van der Waals surface area contributed by atoms with E-state index in [1.54, 1.807) is 38.5 Å². The zero-order valence-electron chi connectivity index (χ0n) is 41.3. The fourth-order valence-electron chi connectivity index (χ4n) is 6.04. The summed E-state index contributed by atoms with van der Waals surface area (Å²) in [7, 11) is 3.21. The predicted molar refractivity (Wildman–Crippen MR) is 256 cm³/mol. The van der Waals surface area contributed by atoms with Gasteiger partial charge in [-0.3, -0.25) is 29.4 Å². The van der Waals surface area contributed by atoms with Gasteiger partial charge in [0.1, 0.15) is 11.5 Å². The van der Waals surface area contributed by atoms with Gasteiger partial charge in [0.15, 0.2) is 0 Å².